The van der Waals surface area contributed by atoms with Crippen molar-refractivity contribution in [2.24, 2.45) is 16.1 Å². The molecule has 1 rings (SSSR count). The topological polar surface area (TPSA) is 79.5 Å². The molecule has 128 valence electrons. The molecule has 1 amide bonds. The number of amides is 1. The van der Waals surface area contributed by atoms with E-state index in [9.17, 15) is 4.79 Å². The highest BCUT2D eigenvalue weighted by atomic mass is 127. The zero-order chi connectivity index (χ0) is 15.7. The normalized spacial score (nSPS) is 15.6. The van der Waals surface area contributed by atoms with Crippen LogP contribution in [0.3, 0.4) is 0 Å². The number of guanidine groups is 1. The maximum Gasteiger partial charge on any atom is 0.224 e. The zero-order valence-corrected chi connectivity index (χ0v) is 16.4. The predicted octanol–water partition coefficient (Wildman–Crippen LogP) is 2.56. The Kier molecular flexibility index (Phi) is 10.5. The van der Waals surface area contributed by atoms with Gasteiger partial charge >= 0.3 is 0 Å². The molecule has 0 aromatic heterocycles. The fourth-order valence-corrected chi connectivity index (χ4v) is 2.17. The number of nitrogens with two attached hydrogens (primary N) is 1. The number of allylic oxidation sites excluding steroid dienone is 1. The summed E-state index contributed by atoms with van der Waals surface area (Å²) in [5.41, 5.74) is 6.30. The Labute approximate surface area is 151 Å². The average Bonchev–Trinajstić information content (AvgIpc) is 2.46. The average molecular weight is 422 g/mol. The molecular formula is C16H31IN4O. The van der Waals surface area contributed by atoms with Gasteiger partial charge in [-0.25, -0.2) is 0 Å². The Morgan fingerprint density at radius 2 is 2.09 bits per heavy atom. The summed E-state index contributed by atoms with van der Waals surface area (Å²) in [6, 6.07) is 0. The molecule has 0 unspecified atom stereocenters. The van der Waals surface area contributed by atoms with E-state index in [2.05, 4.69) is 21.7 Å². The van der Waals surface area contributed by atoms with Crippen molar-refractivity contribution in [2.75, 3.05) is 19.6 Å². The predicted molar refractivity (Wildman–Crippen MR) is 104 cm³/mol. The number of halogens is 1. The molecule has 4 N–H and O–H groups in total. The van der Waals surface area contributed by atoms with E-state index in [0.29, 0.717) is 6.54 Å². The summed E-state index contributed by atoms with van der Waals surface area (Å²) in [5.74, 6) is 0.428. The third-order valence-electron chi connectivity index (χ3n) is 3.77. The Balaban J connectivity index is 0.00000441. The summed E-state index contributed by atoms with van der Waals surface area (Å²) in [4.78, 5) is 15.8. The Hall–Kier alpha value is -0.790. The van der Waals surface area contributed by atoms with Gasteiger partial charge in [0.15, 0.2) is 5.96 Å². The Morgan fingerprint density at radius 1 is 1.36 bits per heavy atom. The zero-order valence-electron chi connectivity index (χ0n) is 14.1. The van der Waals surface area contributed by atoms with Crippen LogP contribution < -0.4 is 16.4 Å². The quantitative estimate of drug-likeness (QED) is 0.255. The first-order valence-electron chi connectivity index (χ1n) is 7.95. The fourth-order valence-electron chi connectivity index (χ4n) is 2.17. The SMILES string of the molecule is CCNC(=NCC(C)(C)C(N)=O)NCCC1=CCCCC1.I. The number of aliphatic imine (C=N–C) groups is 1. The van der Waals surface area contributed by atoms with Crippen LogP contribution in [0, 0.1) is 5.41 Å². The van der Waals surface area contributed by atoms with Gasteiger partial charge in [0.25, 0.3) is 0 Å². The first kappa shape index (κ1) is 21.2. The number of hydrogen-bond donors (Lipinski definition) is 3. The van der Waals surface area contributed by atoms with Crippen molar-refractivity contribution in [3.05, 3.63) is 11.6 Å². The van der Waals surface area contributed by atoms with Crippen LogP contribution in [-0.2, 0) is 4.79 Å². The smallest absolute Gasteiger partial charge is 0.224 e. The molecule has 0 atom stereocenters. The summed E-state index contributed by atoms with van der Waals surface area (Å²) >= 11 is 0. The molecule has 0 fully saturated rings. The highest BCUT2D eigenvalue weighted by Crippen LogP contribution is 2.19. The number of nitrogens with zero attached hydrogens (tertiary/aromatic N) is 1. The highest BCUT2D eigenvalue weighted by Gasteiger charge is 2.24. The minimum atomic E-state index is -0.617. The Bertz CT molecular complexity index is 405. The molecule has 0 aromatic carbocycles. The van der Waals surface area contributed by atoms with Crippen LogP contribution >= 0.6 is 24.0 Å². The molecule has 0 saturated carbocycles. The van der Waals surface area contributed by atoms with Gasteiger partial charge in [0, 0.05) is 13.1 Å². The Morgan fingerprint density at radius 3 is 2.64 bits per heavy atom. The van der Waals surface area contributed by atoms with Crippen LogP contribution in [0.5, 0.6) is 0 Å². The van der Waals surface area contributed by atoms with Crippen molar-refractivity contribution in [3.8, 4) is 0 Å². The number of carbonyl (C=O) groups excluding carboxylic acids is 1. The van der Waals surface area contributed by atoms with Crippen molar-refractivity contribution in [1.29, 1.82) is 0 Å². The molecule has 0 bridgehead atoms. The largest absolute Gasteiger partial charge is 0.369 e. The van der Waals surface area contributed by atoms with E-state index in [0.717, 1.165) is 25.5 Å². The highest BCUT2D eigenvalue weighted by molar-refractivity contribution is 14.0. The first-order chi connectivity index (χ1) is 9.95. The molecule has 0 radical (unpaired) electrons. The summed E-state index contributed by atoms with van der Waals surface area (Å²) in [7, 11) is 0. The van der Waals surface area contributed by atoms with Gasteiger partial charge in [0.1, 0.15) is 0 Å². The van der Waals surface area contributed by atoms with E-state index in [1.54, 1.807) is 5.57 Å². The van der Waals surface area contributed by atoms with Crippen molar-refractivity contribution in [2.45, 2.75) is 52.9 Å². The van der Waals surface area contributed by atoms with Crippen LogP contribution in [0.1, 0.15) is 52.9 Å². The van der Waals surface area contributed by atoms with Crippen LogP contribution in [0.25, 0.3) is 0 Å². The van der Waals surface area contributed by atoms with Crippen LogP contribution in [0.4, 0.5) is 0 Å². The molecule has 1 aliphatic rings. The minimum Gasteiger partial charge on any atom is -0.369 e. The van der Waals surface area contributed by atoms with Gasteiger partial charge in [-0.15, -0.1) is 24.0 Å². The molecule has 0 heterocycles. The van der Waals surface area contributed by atoms with Gasteiger partial charge in [-0.05, 0) is 52.9 Å². The lowest BCUT2D eigenvalue weighted by molar-refractivity contribution is -0.125. The molecular weight excluding hydrogens is 391 g/mol. The van der Waals surface area contributed by atoms with E-state index < -0.39 is 5.41 Å². The third-order valence-corrected chi connectivity index (χ3v) is 3.77. The lowest BCUT2D eigenvalue weighted by Gasteiger charge is -2.19. The van der Waals surface area contributed by atoms with E-state index in [1.807, 2.05) is 20.8 Å². The lowest BCUT2D eigenvalue weighted by atomic mass is 9.93. The molecule has 5 nitrogen and oxygen atoms in total. The molecule has 0 aliphatic heterocycles. The van der Waals surface area contributed by atoms with E-state index in [1.165, 1.54) is 25.7 Å². The van der Waals surface area contributed by atoms with Gasteiger partial charge < -0.3 is 16.4 Å². The fraction of sp³-hybridized carbons (Fsp3) is 0.750. The van der Waals surface area contributed by atoms with Crippen molar-refractivity contribution in [3.63, 3.8) is 0 Å². The molecule has 0 spiro atoms. The van der Waals surface area contributed by atoms with Gasteiger partial charge in [0.05, 0.1) is 12.0 Å². The van der Waals surface area contributed by atoms with Crippen LogP contribution in [-0.4, -0.2) is 31.5 Å². The summed E-state index contributed by atoms with van der Waals surface area (Å²) < 4.78 is 0. The first-order valence-corrected chi connectivity index (χ1v) is 7.95. The summed E-state index contributed by atoms with van der Waals surface area (Å²) in [6.07, 6.45) is 8.51. The summed E-state index contributed by atoms with van der Waals surface area (Å²) in [5, 5.41) is 6.52. The van der Waals surface area contributed by atoms with Gasteiger partial charge in [0.2, 0.25) is 5.91 Å². The monoisotopic (exact) mass is 422 g/mol. The minimum absolute atomic E-state index is 0. The standard InChI is InChI=1S/C16H30N4O.HI/c1-4-18-15(20-12-16(2,3)14(17)21)19-11-10-13-8-6-5-7-9-13;/h8H,4-7,9-12H2,1-3H3,(H2,17,21)(H2,18,19,20);1H. The molecule has 0 aromatic rings. The molecule has 1 aliphatic carbocycles. The second kappa shape index (κ2) is 10.9. The maximum absolute atomic E-state index is 11.3. The van der Waals surface area contributed by atoms with Crippen LogP contribution in [0.2, 0.25) is 0 Å². The third kappa shape index (κ3) is 8.00. The molecule has 6 heteroatoms. The van der Waals surface area contributed by atoms with E-state index in [4.69, 9.17) is 5.73 Å². The van der Waals surface area contributed by atoms with Gasteiger partial charge in [-0.1, -0.05) is 11.6 Å². The number of rotatable bonds is 7. The number of hydrogen-bond acceptors (Lipinski definition) is 2. The van der Waals surface area contributed by atoms with Crippen molar-refractivity contribution in [1.82, 2.24) is 10.6 Å². The van der Waals surface area contributed by atoms with Crippen molar-refractivity contribution >= 4 is 35.8 Å². The number of primary amides is 1. The number of carbonyl (C=O) groups is 1. The number of nitrogens with one attached hydrogen (secondary N) is 2. The van der Waals surface area contributed by atoms with Crippen molar-refractivity contribution < 1.29 is 4.79 Å². The van der Waals surface area contributed by atoms with E-state index in [-0.39, 0.29) is 29.9 Å². The van der Waals surface area contributed by atoms with E-state index >= 15 is 0 Å². The van der Waals surface area contributed by atoms with Gasteiger partial charge in [-0.2, -0.15) is 0 Å². The molecule has 0 saturated heterocycles. The second-order valence-electron chi connectivity index (χ2n) is 6.23. The lowest BCUT2D eigenvalue weighted by Crippen LogP contribution is -2.40. The van der Waals surface area contributed by atoms with Gasteiger partial charge in [-0.3, -0.25) is 9.79 Å². The van der Waals surface area contributed by atoms with Crippen LogP contribution in [0.15, 0.2) is 16.6 Å². The maximum atomic E-state index is 11.3. The second-order valence-corrected chi connectivity index (χ2v) is 6.23. The summed E-state index contributed by atoms with van der Waals surface area (Å²) in [6.45, 7) is 7.71. The molecule has 22 heavy (non-hydrogen) atoms.